The van der Waals surface area contributed by atoms with Gasteiger partial charge in [0.1, 0.15) is 5.75 Å². The fourth-order valence-electron chi connectivity index (χ4n) is 2.42. The van der Waals surface area contributed by atoms with Gasteiger partial charge in [0.25, 0.3) is 0 Å². The van der Waals surface area contributed by atoms with E-state index in [1.54, 1.807) is 0 Å². The molecule has 1 fully saturated rings. The first-order valence-corrected chi connectivity index (χ1v) is 8.23. The quantitative estimate of drug-likeness (QED) is 0.504. The Balaban J connectivity index is 0.00000220. The Hall–Kier alpha value is 0.210. The van der Waals surface area contributed by atoms with Crippen LogP contribution in [0.25, 0.3) is 0 Å². The molecule has 1 aromatic rings. The minimum atomic E-state index is 0. The van der Waals surface area contributed by atoms with E-state index in [2.05, 4.69) is 32.8 Å². The predicted octanol–water partition coefficient (Wildman–Crippen LogP) is 2.96. The van der Waals surface area contributed by atoms with Gasteiger partial charge in [-0.3, -0.25) is 4.90 Å². The molecule has 22 heavy (non-hydrogen) atoms. The van der Waals surface area contributed by atoms with Crippen LogP contribution in [0.1, 0.15) is 17.5 Å². The van der Waals surface area contributed by atoms with Crippen molar-refractivity contribution in [1.29, 1.82) is 0 Å². The Kier molecular flexibility index (Phi) is 11.8. The number of morpholine rings is 1. The van der Waals surface area contributed by atoms with Crippen LogP contribution in [0, 0.1) is 10.5 Å². The molecule has 0 amide bonds. The number of benzene rings is 1. The van der Waals surface area contributed by atoms with Crippen LogP contribution in [0.5, 0.6) is 5.75 Å². The van der Waals surface area contributed by atoms with Gasteiger partial charge in [0, 0.05) is 28.8 Å². The molecule has 0 aliphatic carbocycles. The van der Waals surface area contributed by atoms with Crippen LogP contribution in [-0.4, -0.2) is 49.4 Å². The summed E-state index contributed by atoms with van der Waals surface area (Å²) < 4.78 is 6.50. The number of halogens is 3. The molecule has 7 heteroatoms. The Morgan fingerprint density at radius 3 is 2.64 bits per heavy atom. The number of aryl methyl sites for hydroxylation is 1. The number of hydrogen-bond acceptors (Lipinski definition) is 4. The van der Waals surface area contributed by atoms with Crippen LogP contribution in [0.2, 0.25) is 0 Å². The van der Waals surface area contributed by atoms with Crippen molar-refractivity contribution < 1.29 is 9.84 Å². The third-order valence-corrected chi connectivity index (χ3v) is 4.21. The highest BCUT2D eigenvalue weighted by atomic mass is 127. The van der Waals surface area contributed by atoms with E-state index in [-0.39, 0.29) is 24.8 Å². The van der Waals surface area contributed by atoms with Gasteiger partial charge < -0.3 is 15.2 Å². The van der Waals surface area contributed by atoms with Crippen molar-refractivity contribution in [3.63, 3.8) is 0 Å². The highest BCUT2D eigenvalue weighted by molar-refractivity contribution is 14.1. The maximum absolute atomic E-state index is 10.0. The lowest BCUT2D eigenvalue weighted by Gasteiger charge is -2.26. The van der Waals surface area contributed by atoms with Crippen LogP contribution >= 0.6 is 47.4 Å². The molecular formula is C15H25Cl2IN2O2. The first kappa shape index (κ1) is 22.2. The summed E-state index contributed by atoms with van der Waals surface area (Å²) in [7, 11) is 0. The summed E-state index contributed by atoms with van der Waals surface area (Å²) in [5.41, 5.74) is 1.93. The van der Waals surface area contributed by atoms with E-state index in [9.17, 15) is 5.11 Å². The standard InChI is InChI=1S/C15H23IN2O2.2ClH/c1-12-9-14(16)10-13(15(12)19)11-17-3-2-4-18-5-7-20-8-6-18;;/h9-10,17,19H,2-8,11H2,1H3;2*1H. The molecule has 4 nitrogen and oxygen atoms in total. The second-order valence-electron chi connectivity index (χ2n) is 5.21. The monoisotopic (exact) mass is 462 g/mol. The van der Waals surface area contributed by atoms with Crippen LogP contribution < -0.4 is 5.32 Å². The molecule has 0 bridgehead atoms. The summed E-state index contributed by atoms with van der Waals surface area (Å²) in [6, 6.07) is 4.04. The van der Waals surface area contributed by atoms with Gasteiger partial charge in [0.05, 0.1) is 13.2 Å². The first-order valence-electron chi connectivity index (χ1n) is 7.15. The average molecular weight is 463 g/mol. The molecule has 1 saturated heterocycles. The zero-order valence-electron chi connectivity index (χ0n) is 12.8. The number of nitrogens with one attached hydrogen (secondary N) is 1. The molecule has 1 heterocycles. The van der Waals surface area contributed by atoms with E-state index in [0.717, 1.165) is 63.5 Å². The Morgan fingerprint density at radius 1 is 1.27 bits per heavy atom. The zero-order chi connectivity index (χ0) is 14.4. The van der Waals surface area contributed by atoms with Crippen LogP contribution in [0.3, 0.4) is 0 Å². The van der Waals surface area contributed by atoms with Gasteiger partial charge in [-0.25, -0.2) is 0 Å². The van der Waals surface area contributed by atoms with Crippen molar-refractivity contribution in [3.05, 3.63) is 26.8 Å². The molecular weight excluding hydrogens is 438 g/mol. The van der Waals surface area contributed by atoms with E-state index in [1.807, 2.05) is 19.1 Å². The third kappa shape index (κ3) is 7.19. The van der Waals surface area contributed by atoms with E-state index in [4.69, 9.17) is 4.74 Å². The van der Waals surface area contributed by atoms with Crippen LogP contribution in [0.15, 0.2) is 12.1 Å². The number of hydrogen-bond donors (Lipinski definition) is 2. The molecule has 1 aliphatic heterocycles. The lowest BCUT2D eigenvalue weighted by Crippen LogP contribution is -2.37. The Bertz CT molecular complexity index is 444. The normalized spacial score (nSPS) is 15.0. The van der Waals surface area contributed by atoms with E-state index in [0.29, 0.717) is 5.75 Å². The molecule has 0 saturated carbocycles. The highest BCUT2D eigenvalue weighted by Gasteiger charge is 2.09. The largest absolute Gasteiger partial charge is 0.507 e. The lowest BCUT2D eigenvalue weighted by atomic mass is 10.1. The molecule has 128 valence electrons. The average Bonchev–Trinajstić information content (AvgIpc) is 2.44. The Labute approximate surface area is 158 Å². The highest BCUT2D eigenvalue weighted by Crippen LogP contribution is 2.24. The molecule has 0 spiro atoms. The van der Waals surface area contributed by atoms with Gasteiger partial charge in [-0.05, 0) is 66.7 Å². The molecule has 0 atom stereocenters. The Morgan fingerprint density at radius 2 is 1.95 bits per heavy atom. The number of phenols is 1. The van der Waals surface area contributed by atoms with Gasteiger partial charge >= 0.3 is 0 Å². The molecule has 1 aromatic carbocycles. The van der Waals surface area contributed by atoms with Gasteiger partial charge in [-0.1, -0.05) is 0 Å². The van der Waals surface area contributed by atoms with Gasteiger partial charge in [-0.2, -0.15) is 0 Å². The summed E-state index contributed by atoms with van der Waals surface area (Å²) in [6.45, 7) is 8.60. The number of phenolic OH excluding ortho intramolecular Hbond substituents is 1. The van der Waals surface area contributed by atoms with Crippen molar-refractivity contribution >= 4 is 47.4 Å². The molecule has 0 radical (unpaired) electrons. The van der Waals surface area contributed by atoms with Crippen LogP contribution in [0.4, 0.5) is 0 Å². The summed E-state index contributed by atoms with van der Waals surface area (Å²) >= 11 is 2.29. The van der Waals surface area contributed by atoms with Crippen molar-refractivity contribution in [2.24, 2.45) is 0 Å². The molecule has 2 N–H and O–H groups in total. The summed E-state index contributed by atoms with van der Waals surface area (Å²) in [4.78, 5) is 2.44. The maximum atomic E-state index is 10.0. The third-order valence-electron chi connectivity index (χ3n) is 3.59. The summed E-state index contributed by atoms with van der Waals surface area (Å²) in [5, 5.41) is 13.4. The van der Waals surface area contributed by atoms with Crippen molar-refractivity contribution in [2.75, 3.05) is 39.4 Å². The fourth-order valence-corrected chi connectivity index (χ4v) is 3.26. The van der Waals surface area contributed by atoms with Gasteiger partial charge in [0.2, 0.25) is 0 Å². The molecule has 1 aliphatic rings. The lowest BCUT2D eigenvalue weighted by molar-refractivity contribution is 0.0374. The number of aromatic hydroxyl groups is 1. The fraction of sp³-hybridized carbons (Fsp3) is 0.600. The van der Waals surface area contributed by atoms with Crippen molar-refractivity contribution in [2.45, 2.75) is 19.9 Å². The number of rotatable bonds is 6. The maximum Gasteiger partial charge on any atom is 0.123 e. The molecule has 0 aromatic heterocycles. The van der Waals surface area contributed by atoms with Gasteiger partial charge in [-0.15, -0.1) is 24.8 Å². The summed E-state index contributed by atoms with van der Waals surface area (Å²) in [6.07, 6.45) is 1.13. The minimum absolute atomic E-state index is 0. The molecule has 0 unspecified atom stereocenters. The predicted molar refractivity (Wildman–Crippen MR) is 104 cm³/mol. The summed E-state index contributed by atoms with van der Waals surface area (Å²) in [5.74, 6) is 0.422. The zero-order valence-corrected chi connectivity index (χ0v) is 16.6. The van der Waals surface area contributed by atoms with E-state index >= 15 is 0 Å². The smallest absolute Gasteiger partial charge is 0.123 e. The SMILES string of the molecule is Cc1cc(I)cc(CNCCCN2CCOCC2)c1O.Cl.Cl. The number of ether oxygens (including phenoxy) is 1. The topological polar surface area (TPSA) is 44.7 Å². The first-order chi connectivity index (χ1) is 9.66. The minimum Gasteiger partial charge on any atom is -0.507 e. The van der Waals surface area contributed by atoms with Crippen LogP contribution in [-0.2, 0) is 11.3 Å². The molecule has 2 rings (SSSR count). The van der Waals surface area contributed by atoms with Crippen molar-refractivity contribution in [3.8, 4) is 5.75 Å². The second-order valence-corrected chi connectivity index (χ2v) is 6.46. The second kappa shape index (κ2) is 11.7. The van der Waals surface area contributed by atoms with Crippen molar-refractivity contribution in [1.82, 2.24) is 10.2 Å². The van der Waals surface area contributed by atoms with E-state index in [1.165, 1.54) is 3.57 Å². The van der Waals surface area contributed by atoms with Gasteiger partial charge in [0.15, 0.2) is 0 Å². The van der Waals surface area contributed by atoms with E-state index < -0.39 is 0 Å². The number of nitrogens with zero attached hydrogens (tertiary/aromatic N) is 1.